The number of benzene rings is 3. The van der Waals surface area contributed by atoms with Crippen LogP contribution in [-0.4, -0.2) is 42.3 Å². The molecule has 1 heterocycles. The van der Waals surface area contributed by atoms with Crippen LogP contribution in [0.4, 0.5) is 5.95 Å². The Morgan fingerprint density at radius 1 is 1.00 bits per heavy atom. The molecule has 0 saturated carbocycles. The fourth-order valence-electron chi connectivity index (χ4n) is 3.90. The lowest BCUT2D eigenvalue weighted by Crippen LogP contribution is -2.19. The predicted molar refractivity (Wildman–Crippen MR) is 146 cm³/mol. The van der Waals surface area contributed by atoms with Gasteiger partial charge in [-0.15, -0.1) is 21.8 Å². The van der Waals surface area contributed by atoms with Crippen LogP contribution in [0.25, 0.3) is 22.2 Å². The van der Waals surface area contributed by atoms with Gasteiger partial charge in [-0.05, 0) is 46.5 Å². The summed E-state index contributed by atoms with van der Waals surface area (Å²) in [4.78, 5) is 4.21. The van der Waals surface area contributed by atoms with Crippen LogP contribution in [-0.2, 0) is 15.4 Å². The Morgan fingerprint density at radius 2 is 1.70 bits per heavy atom. The van der Waals surface area contributed by atoms with Gasteiger partial charge in [0, 0.05) is 5.41 Å². The number of aromatic nitrogens is 3. The van der Waals surface area contributed by atoms with Gasteiger partial charge >= 0.3 is 0 Å². The van der Waals surface area contributed by atoms with E-state index >= 15 is 0 Å². The molecule has 4 aromatic rings. The summed E-state index contributed by atoms with van der Waals surface area (Å²) in [6.45, 7) is 4.39. The van der Waals surface area contributed by atoms with Crippen LogP contribution in [0.2, 0.25) is 5.02 Å². The van der Waals surface area contributed by atoms with Crippen molar-refractivity contribution >= 4 is 50.2 Å². The fourth-order valence-corrected chi connectivity index (χ4v) is 4.66. The summed E-state index contributed by atoms with van der Waals surface area (Å²) in [5.41, 5.74) is 4.76. The largest absolute Gasteiger partial charge is 0.489 e. The second kappa shape index (κ2) is 10.5. The van der Waals surface area contributed by atoms with Crippen molar-refractivity contribution in [3.8, 4) is 22.9 Å². The first-order valence-corrected chi connectivity index (χ1v) is 14.0. The minimum atomic E-state index is -3.50. The number of sulfonamides is 1. The van der Waals surface area contributed by atoms with Crippen LogP contribution in [0.3, 0.4) is 0 Å². The fraction of sp³-hybridized carbons (Fsp3) is 0.231. The Balaban J connectivity index is 1.62. The number of nitrogens with zero attached hydrogens (tertiary/aromatic N) is 4. The van der Waals surface area contributed by atoms with Gasteiger partial charge in [0.05, 0.1) is 28.2 Å². The summed E-state index contributed by atoms with van der Waals surface area (Å²) in [6, 6.07) is 19.3. The van der Waals surface area contributed by atoms with E-state index in [0.29, 0.717) is 33.2 Å². The molecule has 4 rings (SSSR count). The van der Waals surface area contributed by atoms with Crippen molar-refractivity contribution in [1.82, 2.24) is 15.2 Å². The van der Waals surface area contributed by atoms with Gasteiger partial charge in [-0.1, -0.05) is 55.8 Å². The Kier molecular flexibility index (Phi) is 7.55. The summed E-state index contributed by atoms with van der Waals surface area (Å²) < 4.78 is 30.6. The van der Waals surface area contributed by atoms with E-state index in [1.807, 2.05) is 42.5 Å². The van der Waals surface area contributed by atoms with Gasteiger partial charge in [-0.2, -0.15) is 5.26 Å². The third-order valence-corrected chi connectivity index (χ3v) is 6.87. The van der Waals surface area contributed by atoms with Crippen LogP contribution in [0, 0.1) is 11.3 Å². The van der Waals surface area contributed by atoms with E-state index in [1.54, 1.807) is 12.1 Å². The first kappa shape index (κ1) is 26.6. The van der Waals surface area contributed by atoms with E-state index in [1.165, 1.54) is 0 Å². The lowest BCUT2D eigenvalue weighted by atomic mass is 9.77. The highest BCUT2D eigenvalue weighted by atomic mass is 35.5. The maximum absolute atomic E-state index is 11.4. The Hall–Kier alpha value is -3.45. The minimum Gasteiger partial charge on any atom is -0.489 e. The third-order valence-electron chi connectivity index (χ3n) is 5.88. The van der Waals surface area contributed by atoms with E-state index in [0.717, 1.165) is 28.5 Å². The number of hydrogen-bond donors (Lipinski definition) is 1. The average molecular weight is 556 g/mol. The molecule has 0 saturated heterocycles. The molecule has 0 radical (unpaired) electrons. The average Bonchev–Trinajstić information content (AvgIpc) is 2.86. The van der Waals surface area contributed by atoms with Crippen molar-refractivity contribution in [3.05, 3.63) is 76.3 Å². The van der Waals surface area contributed by atoms with Gasteiger partial charge in [-0.25, -0.2) is 13.4 Å². The molecule has 3 aromatic carbocycles. The highest BCUT2D eigenvalue weighted by Crippen LogP contribution is 2.38. The van der Waals surface area contributed by atoms with E-state index in [-0.39, 0.29) is 12.6 Å². The summed E-state index contributed by atoms with van der Waals surface area (Å²) in [5, 5.41) is 18.0. The number of rotatable bonds is 8. The molecule has 190 valence electrons. The molecule has 11 heteroatoms. The number of anilines is 1. The molecular formula is C26H23Cl2N5O3S. The minimum absolute atomic E-state index is 0.0763. The van der Waals surface area contributed by atoms with Crippen molar-refractivity contribution in [2.24, 2.45) is 0 Å². The van der Waals surface area contributed by atoms with Gasteiger partial charge in [0.2, 0.25) is 10.0 Å². The van der Waals surface area contributed by atoms with Gasteiger partial charge in [0.25, 0.3) is 5.95 Å². The van der Waals surface area contributed by atoms with Crippen LogP contribution >= 0.6 is 23.2 Å². The number of halogens is 2. The molecule has 0 fully saturated rings. The maximum atomic E-state index is 11.4. The monoisotopic (exact) mass is 555 g/mol. The zero-order valence-corrected chi connectivity index (χ0v) is 22.6. The lowest BCUT2D eigenvalue weighted by Gasteiger charge is -2.27. The number of hydrogen-bond acceptors (Lipinski definition) is 7. The SMILES string of the molecule is CC(C)(c1ccc(-c2ccc3nc(NS(C)(=O)=O)nnc3c2)cc1)c1cc(Cl)c(OCCCl)c(C#N)c1. The summed E-state index contributed by atoms with van der Waals surface area (Å²) in [5.74, 6) is 0.558. The van der Waals surface area contributed by atoms with Crippen LogP contribution < -0.4 is 9.46 Å². The standard InChI is InChI=1S/C26H23Cl2N5O3S/c1-26(2,20-12-18(15-29)24(21(28)14-20)36-11-10-27)19-7-4-16(5-8-19)17-6-9-22-23(13-17)31-32-25(30-22)33-37(3,34)35/h4-9,12-14H,10-11H2,1-3H3,(H,30,32,33). The van der Waals surface area contributed by atoms with Crippen LogP contribution in [0.5, 0.6) is 5.75 Å². The van der Waals surface area contributed by atoms with Crippen molar-refractivity contribution < 1.29 is 13.2 Å². The summed E-state index contributed by atoms with van der Waals surface area (Å²) in [7, 11) is -3.50. The van der Waals surface area contributed by atoms with E-state index in [9.17, 15) is 13.7 Å². The van der Waals surface area contributed by atoms with Crippen molar-refractivity contribution in [2.45, 2.75) is 19.3 Å². The molecule has 0 aliphatic rings. The lowest BCUT2D eigenvalue weighted by molar-refractivity contribution is 0.341. The number of alkyl halides is 1. The van der Waals surface area contributed by atoms with Crippen LogP contribution in [0.1, 0.15) is 30.5 Å². The van der Waals surface area contributed by atoms with Crippen molar-refractivity contribution in [1.29, 1.82) is 5.26 Å². The molecule has 0 amide bonds. The third kappa shape index (κ3) is 5.93. The molecule has 0 aliphatic heterocycles. The quantitative estimate of drug-likeness (QED) is 0.284. The van der Waals surface area contributed by atoms with Gasteiger partial charge in [-0.3, -0.25) is 4.72 Å². The molecule has 0 atom stereocenters. The van der Waals surface area contributed by atoms with E-state index < -0.39 is 15.4 Å². The van der Waals surface area contributed by atoms with Crippen molar-refractivity contribution in [2.75, 3.05) is 23.5 Å². The zero-order valence-electron chi connectivity index (χ0n) is 20.3. The molecule has 8 nitrogen and oxygen atoms in total. The summed E-state index contributed by atoms with van der Waals surface area (Å²) in [6.07, 6.45) is 1.03. The molecule has 0 bridgehead atoms. The Bertz CT molecular complexity index is 1620. The van der Waals surface area contributed by atoms with E-state index in [4.69, 9.17) is 27.9 Å². The smallest absolute Gasteiger partial charge is 0.256 e. The summed E-state index contributed by atoms with van der Waals surface area (Å²) >= 11 is 12.2. The van der Waals surface area contributed by atoms with Gasteiger partial charge < -0.3 is 4.74 Å². The Labute approximate surface area is 225 Å². The van der Waals surface area contributed by atoms with E-state index in [2.05, 4.69) is 39.8 Å². The van der Waals surface area contributed by atoms with Gasteiger partial charge in [0.1, 0.15) is 18.2 Å². The first-order valence-electron chi connectivity index (χ1n) is 11.2. The second-order valence-electron chi connectivity index (χ2n) is 8.90. The number of nitriles is 1. The topological polar surface area (TPSA) is 118 Å². The number of fused-ring (bicyclic) bond motifs is 1. The molecule has 1 N–H and O–H groups in total. The highest BCUT2D eigenvalue weighted by molar-refractivity contribution is 7.91. The van der Waals surface area contributed by atoms with Crippen LogP contribution in [0.15, 0.2) is 54.6 Å². The normalized spacial score (nSPS) is 11.8. The predicted octanol–water partition coefficient (Wildman–Crippen LogP) is 5.53. The zero-order chi connectivity index (χ0) is 26.8. The number of nitrogens with one attached hydrogen (secondary N) is 1. The maximum Gasteiger partial charge on any atom is 0.256 e. The molecule has 0 spiro atoms. The Morgan fingerprint density at radius 3 is 2.35 bits per heavy atom. The number of ether oxygens (including phenoxy) is 1. The first-order chi connectivity index (χ1) is 17.5. The highest BCUT2D eigenvalue weighted by Gasteiger charge is 2.26. The molecule has 37 heavy (non-hydrogen) atoms. The second-order valence-corrected chi connectivity index (χ2v) is 11.4. The molecule has 1 aromatic heterocycles. The molecule has 0 unspecified atom stereocenters. The molecular weight excluding hydrogens is 533 g/mol. The van der Waals surface area contributed by atoms with Gasteiger partial charge in [0.15, 0.2) is 5.75 Å². The van der Waals surface area contributed by atoms with Crippen molar-refractivity contribution in [3.63, 3.8) is 0 Å². The molecule has 0 aliphatic carbocycles.